The van der Waals surface area contributed by atoms with Crippen molar-refractivity contribution in [3.63, 3.8) is 0 Å². The Labute approximate surface area is 67.2 Å². The molecule has 0 unspecified atom stereocenters. The maximum absolute atomic E-state index is 11.2. The number of hydrogen-bond donors (Lipinski definition) is 0. The van der Waals surface area contributed by atoms with Crippen molar-refractivity contribution in [3.05, 3.63) is 34.0 Å². The molecule has 0 fully saturated rings. The van der Waals surface area contributed by atoms with Crippen LogP contribution in [0.25, 0.3) is 0 Å². The summed E-state index contributed by atoms with van der Waals surface area (Å²) in [5, 5.41) is 1.74. The molecule has 2 rings (SSSR count). The van der Waals surface area contributed by atoms with Gasteiger partial charge in [-0.25, -0.2) is 0 Å². The van der Waals surface area contributed by atoms with Gasteiger partial charge in [-0.2, -0.15) is 0 Å². The fourth-order valence-electron chi connectivity index (χ4n) is 1.07. The molecule has 0 aliphatic heterocycles. The van der Waals surface area contributed by atoms with Crippen LogP contribution in [0, 0.1) is 0 Å². The van der Waals surface area contributed by atoms with E-state index in [0.717, 1.165) is 0 Å². The van der Waals surface area contributed by atoms with Gasteiger partial charge in [-0.1, -0.05) is 6.58 Å². The highest BCUT2D eigenvalue weighted by atomic mass is 32.1. The van der Waals surface area contributed by atoms with Crippen LogP contribution in [0.3, 0.4) is 0 Å². The minimum Gasteiger partial charge on any atom is -0.288 e. The van der Waals surface area contributed by atoms with E-state index in [1.54, 1.807) is 11.4 Å². The molecule has 0 atom stereocenters. The summed E-state index contributed by atoms with van der Waals surface area (Å²) in [4.78, 5) is 22.9. The Bertz CT molecular complexity index is 341. The predicted molar refractivity (Wildman–Crippen MR) is 42.1 cm³/mol. The van der Waals surface area contributed by atoms with Crippen molar-refractivity contribution in [1.82, 2.24) is 0 Å². The molecule has 54 valence electrons. The summed E-state index contributed by atoms with van der Waals surface area (Å²) in [6, 6.07) is 1.67. The fraction of sp³-hybridized carbons (Fsp3) is 0. The molecule has 0 aromatic carbocycles. The molecule has 1 aliphatic rings. The topological polar surface area (TPSA) is 34.1 Å². The van der Waals surface area contributed by atoms with Gasteiger partial charge >= 0.3 is 0 Å². The lowest BCUT2D eigenvalue weighted by atomic mass is 10.2. The molecule has 1 aromatic rings. The Hall–Kier alpha value is -1.22. The summed E-state index contributed by atoms with van der Waals surface area (Å²) >= 11 is 1.30. The smallest absolute Gasteiger partial charge is 0.207 e. The SMILES string of the molecule is C=C1C(=O)c2ccsc2C1=O. The molecule has 0 spiro atoms. The number of ketones is 2. The van der Waals surface area contributed by atoms with Gasteiger partial charge in [0.15, 0.2) is 5.78 Å². The lowest BCUT2D eigenvalue weighted by molar-refractivity contribution is 0.0990. The maximum atomic E-state index is 11.2. The Morgan fingerprint density at radius 3 is 2.64 bits per heavy atom. The number of Topliss-reactive ketones (excluding diaryl/α,β-unsaturated/α-hetero) is 2. The molecular formula is C8H4O2S. The van der Waals surface area contributed by atoms with Gasteiger partial charge in [0, 0.05) is 5.56 Å². The van der Waals surface area contributed by atoms with Crippen LogP contribution in [-0.4, -0.2) is 11.6 Å². The van der Waals surface area contributed by atoms with E-state index < -0.39 is 0 Å². The van der Waals surface area contributed by atoms with Gasteiger partial charge in [0.05, 0.1) is 10.5 Å². The number of allylic oxidation sites excluding steroid dienone is 1. The Kier molecular flexibility index (Phi) is 1.11. The molecule has 0 saturated carbocycles. The maximum Gasteiger partial charge on any atom is 0.207 e. The van der Waals surface area contributed by atoms with Gasteiger partial charge in [-0.15, -0.1) is 11.3 Å². The van der Waals surface area contributed by atoms with Crippen LogP contribution in [0.4, 0.5) is 0 Å². The van der Waals surface area contributed by atoms with Crippen LogP contribution in [-0.2, 0) is 0 Å². The molecule has 0 saturated heterocycles. The molecule has 0 bridgehead atoms. The first-order chi connectivity index (χ1) is 5.22. The van der Waals surface area contributed by atoms with E-state index >= 15 is 0 Å². The van der Waals surface area contributed by atoms with E-state index in [1.807, 2.05) is 0 Å². The largest absolute Gasteiger partial charge is 0.288 e. The van der Waals surface area contributed by atoms with Gasteiger partial charge < -0.3 is 0 Å². The van der Waals surface area contributed by atoms with Crippen molar-refractivity contribution in [1.29, 1.82) is 0 Å². The average molecular weight is 164 g/mol. The van der Waals surface area contributed by atoms with Crippen LogP contribution in [0.2, 0.25) is 0 Å². The normalized spacial score (nSPS) is 15.8. The zero-order chi connectivity index (χ0) is 8.01. The summed E-state index contributed by atoms with van der Waals surface area (Å²) in [5.74, 6) is -0.425. The number of hydrogen-bond acceptors (Lipinski definition) is 3. The van der Waals surface area contributed by atoms with E-state index in [4.69, 9.17) is 0 Å². The standard InChI is InChI=1S/C8H4O2S/c1-4-6(9)5-2-3-11-8(5)7(4)10/h2-3H,1H2. The van der Waals surface area contributed by atoms with Crippen molar-refractivity contribution in [2.45, 2.75) is 0 Å². The van der Waals surface area contributed by atoms with Gasteiger partial charge in [0.2, 0.25) is 5.78 Å². The third-order valence-corrected chi connectivity index (χ3v) is 2.58. The lowest BCUT2D eigenvalue weighted by Crippen LogP contribution is -1.97. The summed E-state index contributed by atoms with van der Waals surface area (Å²) in [7, 11) is 0. The minimum atomic E-state index is -0.216. The van der Waals surface area contributed by atoms with E-state index in [0.29, 0.717) is 10.4 Å². The molecule has 11 heavy (non-hydrogen) atoms. The number of thiophene rings is 1. The van der Waals surface area contributed by atoms with Crippen molar-refractivity contribution < 1.29 is 9.59 Å². The quantitative estimate of drug-likeness (QED) is 0.432. The lowest BCUT2D eigenvalue weighted by Gasteiger charge is -1.84. The van der Waals surface area contributed by atoms with E-state index in [2.05, 4.69) is 6.58 Å². The first-order valence-electron chi connectivity index (χ1n) is 3.07. The van der Waals surface area contributed by atoms with Crippen molar-refractivity contribution in [2.75, 3.05) is 0 Å². The van der Waals surface area contributed by atoms with Crippen molar-refractivity contribution in [3.8, 4) is 0 Å². The molecule has 0 radical (unpaired) electrons. The average Bonchev–Trinajstić information content (AvgIpc) is 2.53. The first-order valence-corrected chi connectivity index (χ1v) is 3.95. The Morgan fingerprint density at radius 2 is 2.00 bits per heavy atom. The molecule has 0 N–H and O–H groups in total. The number of carbonyl (C=O) groups excluding carboxylic acids is 2. The Balaban J connectivity index is 2.75. The predicted octanol–water partition coefficient (Wildman–Crippen LogP) is 1.68. The van der Waals surface area contributed by atoms with Gasteiger partial charge in [0.1, 0.15) is 0 Å². The van der Waals surface area contributed by atoms with E-state index in [-0.39, 0.29) is 17.1 Å². The molecule has 1 aliphatic carbocycles. The molecule has 0 amide bonds. The Morgan fingerprint density at radius 1 is 1.27 bits per heavy atom. The minimum absolute atomic E-state index is 0.104. The van der Waals surface area contributed by atoms with Crippen LogP contribution >= 0.6 is 11.3 Å². The van der Waals surface area contributed by atoms with Crippen LogP contribution < -0.4 is 0 Å². The van der Waals surface area contributed by atoms with Gasteiger partial charge in [-0.05, 0) is 11.4 Å². The highest BCUT2D eigenvalue weighted by Crippen LogP contribution is 2.29. The third-order valence-electron chi connectivity index (χ3n) is 1.66. The number of carbonyl (C=O) groups is 2. The molecule has 2 nitrogen and oxygen atoms in total. The zero-order valence-electron chi connectivity index (χ0n) is 5.59. The summed E-state index contributed by atoms with van der Waals surface area (Å²) in [6.45, 7) is 3.41. The van der Waals surface area contributed by atoms with Crippen molar-refractivity contribution in [2.24, 2.45) is 0 Å². The van der Waals surface area contributed by atoms with E-state index in [1.165, 1.54) is 11.3 Å². The second-order valence-corrected chi connectivity index (χ2v) is 3.22. The summed E-state index contributed by atoms with van der Waals surface area (Å²) in [5.41, 5.74) is 0.622. The van der Waals surface area contributed by atoms with E-state index in [9.17, 15) is 9.59 Å². The zero-order valence-corrected chi connectivity index (χ0v) is 6.40. The second-order valence-electron chi connectivity index (χ2n) is 2.30. The molecular weight excluding hydrogens is 160 g/mol. The van der Waals surface area contributed by atoms with Crippen LogP contribution in [0.15, 0.2) is 23.6 Å². The highest BCUT2D eigenvalue weighted by molar-refractivity contribution is 7.13. The molecule has 1 aromatic heterocycles. The number of fused-ring (bicyclic) bond motifs is 1. The van der Waals surface area contributed by atoms with Gasteiger partial charge in [0.25, 0.3) is 0 Å². The number of rotatable bonds is 0. The van der Waals surface area contributed by atoms with Gasteiger partial charge in [-0.3, -0.25) is 9.59 Å². The second kappa shape index (κ2) is 1.89. The third kappa shape index (κ3) is 0.657. The van der Waals surface area contributed by atoms with Crippen LogP contribution in [0.5, 0.6) is 0 Å². The highest BCUT2D eigenvalue weighted by Gasteiger charge is 2.32. The monoisotopic (exact) mass is 164 g/mol. The van der Waals surface area contributed by atoms with Crippen LogP contribution in [0.1, 0.15) is 20.0 Å². The fourth-order valence-corrected chi connectivity index (χ4v) is 1.92. The summed E-state index contributed by atoms with van der Waals surface area (Å²) < 4.78 is 0. The first kappa shape index (κ1) is 6.49. The molecule has 3 heteroatoms. The van der Waals surface area contributed by atoms with Crippen molar-refractivity contribution >= 4 is 22.9 Å². The summed E-state index contributed by atoms with van der Waals surface area (Å²) in [6.07, 6.45) is 0. The molecule has 1 heterocycles.